The Morgan fingerprint density at radius 1 is 1.35 bits per heavy atom. The monoisotopic (exact) mass is 279 g/mol. The Morgan fingerprint density at radius 3 is 2.45 bits per heavy atom. The average Bonchev–Trinajstić information content (AvgIpc) is 2.40. The largest absolute Gasteiger partial charge is 0.492 e. The molecule has 0 bridgehead atoms. The van der Waals surface area contributed by atoms with Crippen molar-refractivity contribution < 1.29 is 14.6 Å². The molecule has 0 radical (unpaired) electrons. The van der Waals surface area contributed by atoms with Crippen molar-refractivity contribution in [2.45, 2.75) is 40.2 Å². The van der Waals surface area contributed by atoms with Crippen molar-refractivity contribution >= 4 is 5.97 Å². The van der Waals surface area contributed by atoms with E-state index in [4.69, 9.17) is 4.74 Å². The first-order chi connectivity index (χ1) is 9.47. The topological polar surface area (TPSA) is 58.6 Å². The predicted octanol–water partition coefficient (Wildman–Crippen LogP) is 2.77. The highest BCUT2D eigenvalue weighted by Gasteiger charge is 2.22. The minimum atomic E-state index is -0.800. The van der Waals surface area contributed by atoms with Gasteiger partial charge in [-0.15, -0.1) is 0 Å². The molecule has 0 amide bonds. The molecule has 1 rings (SSSR count). The minimum Gasteiger partial charge on any atom is -0.492 e. The lowest BCUT2D eigenvalue weighted by Gasteiger charge is -2.20. The molecule has 20 heavy (non-hydrogen) atoms. The van der Waals surface area contributed by atoms with Gasteiger partial charge in [-0.2, -0.15) is 0 Å². The van der Waals surface area contributed by atoms with Crippen LogP contribution in [0.2, 0.25) is 0 Å². The van der Waals surface area contributed by atoms with Crippen molar-refractivity contribution in [3.05, 3.63) is 29.3 Å². The molecule has 0 aliphatic rings. The van der Waals surface area contributed by atoms with Crippen LogP contribution in [0.1, 0.15) is 31.4 Å². The first-order valence-electron chi connectivity index (χ1n) is 7.12. The molecular formula is C16H25NO3. The summed E-state index contributed by atoms with van der Waals surface area (Å²) in [6.45, 7) is 8.94. The van der Waals surface area contributed by atoms with Crippen LogP contribution in [0.4, 0.5) is 0 Å². The van der Waals surface area contributed by atoms with E-state index in [1.54, 1.807) is 0 Å². The summed E-state index contributed by atoms with van der Waals surface area (Å²) in [6, 6.07) is 5.50. The Hall–Kier alpha value is -1.55. The fourth-order valence-electron chi connectivity index (χ4n) is 2.16. The molecule has 112 valence electrons. The number of aryl methyl sites for hydroxylation is 2. The lowest BCUT2D eigenvalue weighted by Crippen LogP contribution is -2.43. The molecule has 1 aromatic rings. The van der Waals surface area contributed by atoms with E-state index in [2.05, 4.69) is 5.32 Å². The zero-order chi connectivity index (χ0) is 15.1. The van der Waals surface area contributed by atoms with Gasteiger partial charge in [0.25, 0.3) is 0 Å². The molecule has 2 N–H and O–H groups in total. The van der Waals surface area contributed by atoms with Gasteiger partial charge in [-0.1, -0.05) is 38.5 Å². The third-order valence-electron chi connectivity index (χ3n) is 3.60. The van der Waals surface area contributed by atoms with E-state index in [9.17, 15) is 9.90 Å². The smallest absolute Gasteiger partial charge is 0.320 e. The molecule has 1 aromatic carbocycles. The third-order valence-corrected chi connectivity index (χ3v) is 3.60. The van der Waals surface area contributed by atoms with Crippen LogP contribution in [0.15, 0.2) is 18.2 Å². The highest BCUT2D eigenvalue weighted by molar-refractivity contribution is 5.73. The molecular weight excluding hydrogens is 254 g/mol. The molecule has 0 aromatic heterocycles. The summed E-state index contributed by atoms with van der Waals surface area (Å²) >= 11 is 0. The maximum atomic E-state index is 11.2. The van der Waals surface area contributed by atoms with Gasteiger partial charge in [0.2, 0.25) is 0 Å². The van der Waals surface area contributed by atoms with Gasteiger partial charge in [0.05, 0.1) is 0 Å². The minimum absolute atomic E-state index is 0.104. The van der Waals surface area contributed by atoms with Crippen LogP contribution in [0.3, 0.4) is 0 Å². The summed E-state index contributed by atoms with van der Waals surface area (Å²) in [5.41, 5.74) is 2.20. The number of carboxylic acids is 1. The highest BCUT2D eigenvalue weighted by Crippen LogP contribution is 2.21. The third kappa shape index (κ3) is 4.53. The number of nitrogens with one attached hydrogen (secondary N) is 1. The molecule has 2 atom stereocenters. The molecule has 0 saturated heterocycles. The van der Waals surface area contributed by atoms with Crippen molar-refractivity contribution in [2.75, 3.05) is 13.2 Å². The normalized spacial score (nSPS) is 13.8. The Balaban J connectivity index is 2.46. The van der Waals surface area contributed by atoms with E-state index in [0.29, 0.717) is 13.2 Å². The molecule has 4 nitrogen and oxygen atoms in total. The van der Waals surface area contributed by atoms with E-state index in [1.165, 1.54) is 0 Å². The van der Waals surface area contributed by atoms with Crippen LogP contribution < -0.4 is 10.1 Å². The van der Waals surface area contributed by atoms with Gasteiger partial charge in [0.15, 0.2) is 0 Å². The van der Waals surface area contributed by atoms with Crippen molar-refractivity contribution in [3.8, 4) is 5.75 Å². The summed E-state index contributed by atoms with van der Waals surface area (Å²) in [5.74, 6) is 0.198. The van der Waals surface area contributed by atoms with Gasteiger partial charge in [-0.25, -0.2) is 0 Å². The molecule has 4 heteroatoms. The zero-order valence-corrected chi connectivity index (χ0v) is 12.8. The summed E-state index contributed by atoms with van der Waals surface area (Å²) in [5, 5.41) is 12.2. The Labute approximate surface area is 121 Å². The first kappa shape index (κ1) is 16.5. The fraction of sp³-hybridized carbons (Fsp3) is 0.562. The molecule has 2 unspecified atom stereocenters. The van der Waals surface area contributed by atoms with Crippen LogP contribution >= 0.6 is 0 Å². The van der Waals surface area contributed by atoms with Gasteiger partial charge >= 0.3 is 5.97 Å². The number of aliphatic carboxylic acids is 1. The van der Waals surface area contributed by atoms with Gasteiger partial charge in [-0.05, 0) is 30.9 Å². The summed E-state index contributed by atoms with van der Waals surface area (Å²) in [4.78, 5) is 11.2. The Kier molecular flexibility index (Phi) is 6.52. The number of rotatable bonds is 8. The quantitative estimate of drug-likeness (QED) is 0.718. The molecule has 0 aliphatic carbocycles. The number of hydrogen-bond acceptors (Lipinski definition) is 3. The number of carbonyl (C=O) groups is 1. The van der Waals surface area contributed by atoms with E-state index in [0.717, 1.165) is 23.3 Å². The Morgan fingerprint density at radius 2 is 1.95 bits per heavy atom. The fourth-order valence-corrected chi connectivity index (χ4v) is 2.16. The van der Waals surface area contributed by atoms with Crippen LogP contribution in [-0.4, -0.2) is 30.3 Å². The molecule has 0 aliphatic heterocycles. The number of ether oxygens (including phenoxy) is 1. The van der Waals surface area contributed by atoms with E-state index >= 15 is 0 Å². The predicted molar refractivity (Wildman–Crippen MR) is 80.3 cm³/mol. The maximum Gasteiger partial charge on any atom is 0.320 e. The molecule has 0 fully saturated rings. The zero-order valence-electron chi connectivity index (χ0n) is 12.8. The summed E-state index contributed by atoms with van der Waals surface area (Å²) in [6.07, 6.45) is 0.835. The number of carboxylic acid groups (broad SMARTS) is 1. The summed E-state index contributed by atoms with van der Waals surface area (Å²) in [7, 11) is 0. The average molecular weight is 279 g/mol. The van der Waals surface area contributed by atoms with E-state index < -0.39 is 12.0 Å². The van der Waals surface area contributed by atoms with Gasteiger partial charge in [0, 0.05) is 6.54 Å². The lowest BCUT2D eigenvalue weighted by molar-refractivity contribution is -0.140. The number of benzene rings is 1. The van der Waals surface area contributed by atoms with Crippen LogP contribution in [0.25, 0.3) is 0 Å². The van der Waals surface area contributed by atoms with Crippen molar-refractivity contribution in [2.24, 2.45) is 5.92 Å². The lowest BCUT2D eigenvalue weighted by atomic mass is 9.99. The van der Waals surface area contributed by atoms with Gasteiger partial charge in [-0.3, -0.25) is 4.79 Å². The van der Waals surface area contributed by atoms with E-state index in [-0.39, 0.29) is 5.92 Å². The second-order valence-electron chi connectivity index (χ2n) is 5.22. The van der Waals surface area contributed by atoms with Crippen molar-refractivity contribution in [1.82, 2.24) is 5.32 Å². The maximum absolute atomic E-state index is 11.2. The molecule has 0 heterocycles. The van der Waals surface area contributed by atoms with Crippen LogP contribution in [-0.2, 0) is 4.79 Å². The second kappa shape index (κ2) is 7.90. The molecule has 0 saturated carbocycles. The van der Waals surface area contributed by atoms with Gasteiger partial charge < -0.3 is 15.2 Å². The first-order valence-corrected chi connectivity index (χ1v) is 7.12. The van der Waals surface area contributed by atoms with Crippen molar-refractivity contribution in [1.29, 1.82) is 0 Å². The van der Waals surface area contributed by atoms with Crippen LogP contribution in [0, 0.1) is 19.8 Å². The SMILES string of the molecule is CCC(C)C(NCCOc1c(C)cccc1C)C(=O)O. The standard InChI is InChI=1S/C16H25NO3/c1-5-11(2)14(16(18)19)17-9-10-20-15-12(3)7-6-8-13(15)4/h6-8,11,14,17H,5,9-10H2,1-4H3,(H,18,19). The second-order valence-corrected chi connectivity index (χ2v) is 5.22. The van der Waals surface area contributed by atoms with Crippen molar-refractivity contribution in [3.63, 3.8) is 0 Å². The molecule has 0 spiro atoms. The highest BCUT2D eigenvalue weighted by atomic mass is 16.5. The number of para-hydroxylation sites is 1. The van der Waals surface area contributed by atoms with Crippen LogP contribution in [0.5, 0.6) is 5.75 Å². The number of hydrogen-bond donors (Lipinski definition) is 2. The van der Waals surface area contributed by atoms with E-state index in [1.807, 2.05) is 45.9 Å². The van der Waals surface area contributed by atoms with Gasteiger partial charge in [0.1, 0.15) is 18.4 Å². The summed E-state index contributed by atoms with van der Waals surface area (Å²) < 4.78 is 5.76. The Bertz CT molecular complexity index is 425.